The summed E-state index contributed by atoms with van der Waals surface area (Å²) < 4.78 is 0. The van der Waals surface area contributed by atoms with E-state index in [2.05, 4.69) is 16.5 Å². The summed E-state index contributed by atoms with van der Waals surface area (Å²) in [6.45, 7) is 1.64. The molecule has 1 aromatic carbocycles. The number of carbonyl (C=O) groups excluding carboxylic acids is 1. The molecule has 0 spiro atoms. The van der Waals surface area contributed by atoms with Crippen molar-refractivity contribution in [3.05, 3.63) is 51.9 Å². The normalized spacial score (nSPS) is 13.7. The molecule has 6 heteroatoms. The lowest BCUT2D eigenvalue weighted by molar-refractivity contribution is -0.120. The first kappa shape index (κ1) is 17.2. The quantitative estimate of drug-likeness (QED) is 0.655. The second-order valence-electron chi connectivity index (χ2n) is 5.89. The third-order valence-corrected chi connectivity index (χ3v) is 5.33. The Bertz CT molecular complexity index is 834. The number of nitrogens with one attached hydrogen (secondary N) is 1. The third kappa shape index (κ3) is 4.06. The van der Waals surface area contributed by atoms with Gasteiger partial charge in [-0.15, -0.1) is 11.3 Å². The number of thiophene rings is 1. The van der Waals surface area contributed by atoms with Crippen molar-refractivity contribution in [2.45, 2.75) is 32.6 Å². The summed E-state index contributed by atoms with van der Waals surface area (Å²) in [6, 6.07) is 11.9. The lowest BCUT2D eigenvalue weighted by atomic mass is 9.96. The highest BCUT2D eigenvalue weighted by atomic mass is 32.1. The summed E-state index contributed by atoms with van der Waals surface area (Å²) in [7, 11) is 0. The molecule has 25 heavy (non-hydrogen) atoms. The first-order chi connectivity index (χ1) is 12.2. The first-order valence-electron chi connectivity index (χ1n) is 8.25. The topological polar surface area (TPSA) is 74.5 Å². The summed E-state index contributed by atoms with van der Waals surface area (Å²) in [6.07, 6.45) is 4.15. The van der Waals surface area contributed by atoms with Gasteiger partial charge in [0.15, 0.2) is 6.61 Å². The summed E-state index contributed by atoms with van der Waals surface area (Å²) >= 11 is 1.51. The van der Waals surface area contributed by atoms with Gasteiger partial charge in [0, 0.05) is 4.88 Å². The van der Waals surface area contributed by atoms with Crippen molar-refractivity contribution in [3.8, 4) is 6.07 Å². The molecule has 0 fully saturated rings. The fraction of sp³-hybridized carbons (Fsp3) is 0.316. The van der Waals surface area contributed by atoms with Gasteiger partial charge in [0.2, 0.25) is 0 Å². The molecule has 0 saturated heterocycles. The number of hydrogen-bond acceptors (Lipinski definition) is 5. The van der Waals surface area contributed by atoms with E-state index in [9.17, 15) is 10.1 Å². The van der Waals surface area contributed by atoms with Gasteiger partial charge in [0.05, 0.1) is 11.3 Å². The van der Waals surface area contributed by atoms with Crippen molar-refractivity contribution < 1.29 is 9.63 Å². The molecule has 2 aromatic rings. The van der Waals surface area contributed by atoms with Crippen molar-refractivity contribution in [3.63, 3.8) is 0 Å². The number of benzene rings is 1. The molecule has 1 aliphatic rings. The van der Waals surface area contributed by atoms with E-state index in [4.69, 9.17) is 4.84 Å². The minimum atomic E-state index is -0.306. The number of amides is 1. The number of hydrogen-bond donors (Lipinski definition) is 1. The molecular weight excluding hydrogens is 334 g/mol. The van der Waals surface area contributed by atoms with Gasteiger partial charge in [-0.05, 0) is 43.7 Å². The number of anilines is 1. The zero-order valence-corrected chi connectivity index (χ0v) is 14.9. The second-order valence-corrected chi connectivity index (χ2v) is 7.00. The second kappa shape index (κ2) is 7.95. The van der Waals surface area contributed by atoms with Crippen molar-refractivity contribution >= 4 is 28.0 Å². The Kier molecular flexibility index (Phi) is 5.46. The van der Waals surface area contributed by atoms with Crippen LogP contribution >= 0.6 is 11.3 Å². The monoisotopic (exact) mass is 353 g/mol. The van der Waals surface area contributed by atoms with E-state index in [-0.39, 0.29) is 12.5 Å². The molecule has 1 amide bonds. The van der Waals surface area contributed by atoms with Crippen LogP contribution in [0.25, 0.3) is 0 Å². The zero-order chi connectivity index (χ0) is 17.6. The minimum absolute atomic E-state index is 0.183. The molecule has 0 bridgehead atoms. The highest BCUT2D eigenvalue weighted by molar-refractivity contribution is 7.16. The van der Waals surface area contributed by atoms with Gasteiger partial charge >= 0.3 is 0 Å². The maximum absolute atomic E-state index is 12.1. The van der Waals surface area contributed by atoms with Gasteiger partial charge in [-0.25, -0.2) is 0 Å². The average Bonchev–Trinajstić information content (AvgIpc) is 2.99. The first-order valence-corrected chi connectivity index (χ1v) is 9.07. The standard InChI is InChI=1S/C19H19N3O2S/c1-13(14-7-3-2-4-8-14)22-24-12-18(23)21-19-16(11-20)15-9-5-6-10-17(15)25-19/h2-4,7-8H,5-6,9-10,12H2,1H3,(H,21,23)/b22-13+. The molecule has 0 radical (unpaired) electrons. The SMILES string of the molecule is C/C(=N\OCC(=O)Nc1sc2c(c1C#N)CCCC2)c1ccccc1. The van der Waals surface area contributed by atoms with Crippen LogP contribution in [-0.2, 0) is 22.5 Å². The van der Waals surface area contributed by atoms with Crippen LogP contribution in [0.1, 0.15) is 41.3 Å². The van der Waals surface area contributed by atoms with E-state index in [1.165, 1.54) is 16.2 Å². The lowest BCUT2D eigenvalue weighted by Gasteiger charge is -2.09. The predicted molar refractivity (Wildman–Crippen MR) is 98.9 cm³/mol. The molecule has 0 saturated carbocycles. The fourth-order valence-corrected chi connectivity index (χ4v) is 4.11. The molecule has 1 N–H and O–H groups in total. The van der Waals surface area contributed by atoms with Crippen LogP contribution in [-0.4, -0.2) is 18.2 Å². The lowest BCUT2D eigenvalue weighted by Crippen LogP contribution is -2.17. The minimum Gasteiger partial charge on any atom is -0.385 e. The Morgan fingerprint density at radius 2 is 2.08 bits per heavy atom. The number of fused-ring (bicyclic) bond motifs is 1. The third-order valence-electron chi connectivity index (χ3n) is 4.12. The Hall–Kier alpha value is -2.65. The van der Waals surface area contributed by atoms with Crippen LogP contribution in [0.2, 0.25) is 0 Å². The highest BCUT2D eigenvalue weighted by Crippen LogP contribution is 2.37. The molecule has 0 unspecified atom stereocenters. The molecular formula is C19H19N3O2S. The highest BCUT2D eigenvalue weighted by Gasteiger charge is 2.21. The van der Waals surface area contributed by atoms with E-state index >= 15 is 0 Å². The van der Waals surface area contributed by atoms with Gasteiger partial charge in [-0.2, -0.15) is 5.26 Å². The van der Waals surface area contributed by atoms with E-state index in [0.29, 0.717) is 16.3 Å². The van der Waals surface area contributed by atoms with Crippen molar-refractivity contribution in [1.82, 2.24) is 0 Å². The molecule has 3 rings (SSSR count). The molecule has 5 nitrogen and oxygen atoms in total. The largest absolute Gasteiger partial charge is 0.385 e. The van der Waals surface area contributed by atoms with E-state index in [1.807, 2.05) is 37.3 Å². The summed E-state index contributed by atoms with van der Waals surface area (Å²) in [5, 5.41) is 16.8. The van der Waals surface area contributed by atoms with Crippen LogP contribution in [0.4, 0.5) is 5.00 Å². The van der Waals surface area contributed by atoms with E-state index < -0.39 is 0 Å². The number of nitrogens with zero attached hydrogens (tertiary/aromatic N) is 2. The van der Waals surface area contributed by atoms with E-state index in [1.54, 1.807) is 0 Å². The molecule has 0 aliphatic heterocycles. The van der Waals surface area contributed by atoms with E-state index in [0.717, 1.165) is 36.8 Å². The number of rotatable bonds is 5. The molecule has 1 aliphatic carbocycles. The van der Waals surface area contributed by atoms with Gasteiger partial charge in [-0.3, -0.25) is 4.79 Å². The summed E-state index contributed by atoms with van der Waals surface area (Å²) in [5.74, 6) is -0.306. The molecule has 1 aromatic heterocycles. The fourth-order valence-electron chi connectivity index (χ4n) is 2.85. The zero-order valence-electron chi connectivity index (χ0n) is 14.0. The maximum Gasteiger partial charge on any atom is 0.265 e. The molecule has 1 heterocycles. The number of nitriles is 1. The Morgan fingerprint density at radius 3 is 2.84 bits per heavy atom. The summed E-state index contributed by atoms with van der Waals surface area (Å²) in [5.41, 5.74) is 3.36. The van der Waals surface area contributed by atoms with Crippen molar-refractivity contribution in [2.75, 3.05) is 11.9 Å². The Morgan fingerprint density at radius 1 is 1.32 bits per heavy atom. The van der Waals surface area contributed by atoms with Gasteiger partial charge in [0.25, 0.3) is 5.91 Å². The van der Waals surface area contributed by atoms with Gasteiger partial charge in [-0.1, -0.05) is 35.5 Å². The van der Waals surface area contributed by atoms with Crippen LogP contribution in [0.15, 0.2) is 35.5 Å². The molecule has 0 atom stereocenters. The summed E-state index contributed by atoms with van der Waals surface area (Å²) in [4.78, 5) is 18.5. The van der Waals surface area contributed by atoms with Crippen LogP contribution < -0.4 is 5.32 Å². The number of oxime groups is 1. The number of carbonyl (C=O) groups is 1. The van der Waals surface area contributed by atoms with Gasteiger partial charge < -0.3 is 10.2 Å². The molecule has 128 valence electrons. The van der Waals surface area contributed by atoms with Crippen LogP contribution in [0, 0.1) is 11.3 Å². The van der Waals surface area contributed by atoms with Crippen molar-refractivity contribution in [2.24, 2.45) is 5.16 Å². The van der Waals surface area contributed by atoms with Crippen LogP contribution in [0.3, 0.4) is 0 Å². The smallest absolute Gasteiger partial charge is 0.265 e. The maximum atomic E-state index is 12.1. The van der Waals surface area contributed by atoms with Gasteiger partial charge in [0.1, 0.15) is 11.1 Å². The van der Waals surface area contributed by atoms with Crippen LogP contribution in [0.5, 0.6) is 0 Å². The average molecular weight is 353 g/mol. The predicted octanol–water partition coefficient (Wildman–Crippen LogP) is 3.88. The number of aryl methyl sites for hydroxylation is 1. The Labute approximate surface area is 150 Å². The van der Waals surface area contributed by atoms with Crippen molar-refractivity contribution in [1.29, 1.82) is 5.26 Å². The Balaban J connectivity index is 1.60.